The van der Waals surface area contributed by atoms with Crippen LogP contribution < -0.4 is 50.7 Å². The van der Waals surface area contributed by atoms with Gasteiger partial charge in [-0.3, -0.25) is 9.53 Å². The van der Waals surface area contributed by atoms with Crippen LogP contribution in [-0.2, 0) is 13.2 Å². The average Bonchev–Trinajstić information content (AvgIpc) is 3.06. The fraction of sp³-hybridized carbons (Fsp3) is 0.200. The molecule has 32 heavy (non-hydrogen) atoms. The van der Waals surface area contributed by atoms with E-state index in [1.54, 1.807) is 0 Å². The fourth-order valence-electron chi connectivity index (χ4n) is 3.68. The van der Waals surface area contributed by atoms with E-state index in [1.807, 2.05) is 24.3 Å². The molecule has 0 bridgehead atoms. The number of hydrogen-bond donors (Lipinski definition) is 0. The number of ether oxygens (including phenoxy) is 1. The Morgan fingerprint density at radius 3 is 2.16 bits per heavy atom. The summed E-state index contributed by atoms with van der Waals surface area (Å²) in [5, 5.41) is 0. The van der Waals surface area contributed by atoms with Crippen LogP contribution in [0.2, 0.25) is 0 Å². The first-order valence-corrected chi connectivity index (χ1v) is 10.0. The molecule has 0 aliphatic rings. The first-order valence-electron chi connectivity index (χ1n) is 10.0. The molecule has 4 aromatic rings. The van der Waals surface area contributed by atoms with E-state index in [2.05, 4.69) is 62.2 Å². The van der Waals surface area contributed by atoms with Crippen molar-refractivity contribution in [3.8, 4) is 16.9 Å². The monoisotopic (exact) mass is 438 g/mol. The summed E-state index contributed by atoms with van der Waals surface area (Å²) in [5.41, 5.74) is 7.44. The maximum Gasteiger partial charge on any atom is 1.00 e. The molecule has 4 rings (SSSR count). The van der Waals surface area contributed by atoms with Gasteiger partial charge in [0.05, 0.1) is 0 Å². The zero-order valence-corrected chi connectivity index (χ0v) is 20.7. The molecular weight excluding hydrogens is 415 g/mol. The standard InChI is InChI=1S/C25H24N2O4.Na/c1-16-7-8-20(13-22(16)23-17(2)5-4-6-18(23)3)15-30-21-11-9-19(10-12-21)14-27-24(28)26-25(29)31-27;/h4-13H,14-15H2,1-3H3,(H,26,28,29);/q;+1/p-1. The summed E-state index contributed by atoms with van der Waals surface area (Å²) in [6.45, 7) is 6.98. The number of aromatic nitrogens is 2. The van der Waals surface area contributed by atoms with Crippen LogP contribution in [0, 0.1) is 20.8 Å². The number of aryl methyl sites for hydroxylation is 3. The second-order valence-electron chi connectivity index (χ2n) is 7.64. The molecular formula is C25H23N2NaO4. The van der Waals surface area contributed by atoms with Crippen molar-refractivity contribution in [3.05, 3.63) is 110 Å². The third-order valence-corrected chi connectivity index (χ3v) is 5.30. The van der Waals surface area contributed by atoms with Crippen molar-refractivity contribution in [2.45, 2.75) is 33.9 Å². The molecule has 0 atom stereocenters. The summed E-state index contributed by atoms with van der Waals surface area (Å²) in [4.78, 5) is 25.7. The van der Waals surface area contributed by atoms with Gasteiger partial charge in [-0.1, -0.05) is 42.5 Å². The predicted molar refractivity (Wildman–Crippen MR) is 119 cm³/mol. The Kier molecular flexibility index (Phi) is 7.61. The van der Waals surface area contributed by atoms with Gasteiger partial charge in [-0.05, 0) is 77.9 Å². The third kappa shape index (κ3) is 5.33. The summed E-state index contributed by atoms with van der Waals surface area (Å²) in [6, 6.07) is 20.1. The molecule has 0 N–H and O–H groups in total. The van der Waals surface area contributed by atoms with E-state index >= 15 is 0 Å². The van der Waals surface area contributed by atoms with Crippen LogP contribution >= 0.6 is 0 Å². The molecule has 0 unspecified atom stereocenters. The summed E-state index contributed by atoms with van der Waals surface area (Å²) in [6.07, 6.45) is 0. The van der Waals surface area contributed by atoms with Crippen molar-refractivity contribution in [1.82, 2.24) is 9.72 Å². The van der Waals surface area contributed by atoms with Crippen molar-refractivity contribution in [2.24, 2.45) is 0 Å². The number of nitrogens with zero attached hydrogens (tertiary/aromatic N) is 2. The van der Waals surface area contributed by atoms with Crippen LogP contribution in [0.25, 0.3) is 11.1 Å². The molecule has 0 saturated carbocycles. The Morgan fingerprint density at radius 2 is 1.53 bits per heavy atom. The van der Waals surface area contributed by atoms with Crippen LogP contribution in [-0.4, -0.2) is 4.74 Å². The van der Waals surface area contributed by atoms with Crippen LogP contribution in [0.15, 0.2) is 74.8 Å². The first-order chi connectivity index (χ1) is 14.9. The van der Waals surface area contributed by atoms with Crippen LogP contribution in [0.5, 0.6) is 5.75 Å². The number of rotatable bonds is 6. The van der Waals surface area contributed by atoms with E-state index in [1.165, 1.54) is 27.8 Å². The normalized spacial score (nSPS) is 10.6. The minimum atomic E-state index is -0.886. The molecule has 0 aliphatic heterocycles. The molecule has 0 aliphatic carbocycles. The quantitative estimate of drug-likeness (QED) is 0.420. The van der Waals surface area contributed by atoms with E-state index in [9.17, 15) is 9.59 Å². The second-order valence-corrected chi connectivity index (χ2v) is 7.64. The molecule has 0 amide bonds. The van der Waals surface area contributed by atoms with Crippen LogP contribution in [0.4, 0.5) is 0 Å². The van der Waals surface area contributed by atoms with Crippen molar-refractivity contribution in [3.63, 3.8) is 0 Å². The Morgan fingerprint density at radius 1 is 0.875 bits per heavy atom. The minimum Gasteiger partial charge on any atom is -0.489 e. The van der Waals surface area contributed by atoms with Crippen molar-refractivity contribution >= 4 is 0 Å². The Labute approximate surface area is 208 Å². The molecule has 6 nitrogen and oxygen atoms in total. The van der Waals surface area contributed by atoms with Crippen molar-refractivity contribution < 1.29 is 38.8 Å². The van der Waals surface area contributed by atoms with Gasteiger partial charge in [-0.15, -0.1) is 0 Å². The largest absolute Gasteiger partial charge is 1.00 e. The maximum absolute atomic E-state index is 11.5. The molecule has 7 heteroatoms. The van der Waals surface area contributed by atoms with E-state index in [0.29, 0.717) is 12.4 Å². The minimum absolute atomic E-state index is 0. The SMILES string of the molecule is Cc1ccc(COc2ccc(Cn3oc(=O)[n-]c3=O)cc2)cc1-c1c(C)cccc1C.[Na+]. The van der Waals surface area contributed by atoms with Gasteiger partial charge in [0.2, 0.25) is 0 Å². The first kappa shape index (κ1) is 23.9. The van der Waals surface area contributed by atoms with Gasteiger partial charge in [0.15, 0.2) is 5.69 Å². The van der Waals surface area contributed by atoms with Crippen LogP contribution in [0.1, 0.15) is 27.8 Å². The molecule has 0 fully saturated rings. The van der Waals surface area contributed by atoms with Gasteiger partial charge in [-0.25, -0.2) is 4.79 Å². The molecule has 0 radical (unpaired) electrons. The van der Waals surface area contributed by atoms with Gasteiger partial charge in [-0.2, -0.15) is 0 Å². The average molecular weight is 438 g/mol. The maximum atomic E-state index is 11.5. The summed E-state index contributed by atoms with van der Waals surface area (Å²) in [5.74, 6) is -0.171. The Balaban J connectivity index is 0.00000289. The van der Waals surface area contributed by atoms with Crippen LogP contribution in [0.3, 0.4) is 0 Å². The topological polar surface area (TPSA) is 75.5 Å². The molecule has 3 aromatic carbocycles. The smallest absolute Gasteiger partial charge is 0.489 e. The second kappa shape index (κ2) is 10.2. The van der Waals surface area contributed by atoms with Gasteiger partial charge >= 0.3 is 35.3 Å². The third-order valence-electron chi connectivity index (χ3n) is 5.30. The van der Waals surface area contributed by atoms with Gasteiger partial charge in [0, 0.05) is 6.54 Å². The van der Waals surface area contributed by atoms with E-state index in [4.69, 9.17) is 9.26 Å². The Hall–Kier alpha value is -2.80. The molecule has 1 aromatic heterocycles. The van der Waals surface area contributed by atoms with Gasteiger partial charge in [0.25, 0.3) is 0 Å². The van der Waals surface area contributed by atoms with Gasteiger partial charge < -0.3 is 14.2 Å². The molecule has 0 spiro atoms. The summed E-state index contributed by atoms with van der Waals surface area (Å²) >= 11 is 0. The zero-order valence-electron chi connectivity index (χ0n) is 18.7. The Bertz CT molecular complexity index is 1310. The fourth-order valence-corrected chi connectivity index (χ4v) is 3.68. The molecule has 158 valence electrons. The number of benzene rings is 3. The summed E-state index contributed by atoms with van der Waals surface area (Å²) in [7, 11) is 0. The van der Waals surface area contributed by atoms with Crippen molar-refractivity contribution in [2.75, 3.05) is 0 Å². The van der Waals surface area contributed by atoms with E-state index in [-0.39, 0.29) is 36.1 Å². The van der Waals surface area contributed by atoms with E-state index < -0.39 is 11.4 Å². The summed E-state index contributed by atoms with van der Waals surface area (Å²) < 4.78 is 11.6. The van der Waals surface area contributed by atoms with Gasteiger partial charge in [0.1, 0.15) is 12.4 Å². The number of hydrogen-bond acceptors (Lipinski definition) is 4. The van der Waals surface area contributed by atoms with E-state index in [0.717, 1.165) is 15.9 Å². The zero-order chi connectivity index (χ0) is 22.0. The molecule has 0 saturated heterocycles. The predicted octanol–water partition coefficient (Wildman–Crippen LogP) is 0.982. The van der Waals surface area contributed by atoms with Crippen molar-refractivity contribution in [1.29, 1.82) is 0 Å². The molecule has 1 heterocycles.